The monoisotopic (exact) mass is 462 g/mol. The summed E-state index contributed by atoms with van der Waals surface area (Å²) in [6.45, 7) is 11.2. The van der Waals surface area contributed by atoms with Crippen LogP contribution in [-0.4, -0.2) is 42.0 Å². The third-order valence-corrected chi connectivity index (χ3v) is 7.44. The Morgan fingerprint density at radius 3 is 1.91 bits per heavy atom. The van der Waals surface area contributed by atoms with Crippen LogP contribution in [0.2, 0.25) is 0 Å². The Hall–Kier alpha value is -1.16. The van der Waals surface area contributed by atoms with Gasteiger partial charge in [0.05, 0.1) is 13.1 Å². The molecule has 4 nitrogen and oxygen atoms in total. The van der Waals surface area contributed by atoms with Crippen molar-refractivity contribution in [1.29, 1.82) is 0 Å². The quantitative estimate of drug-likeness (QED) is 0.105. The van der Waals surface area contributed by atoms with Gasteiger partial charge in [-0.15, -0.1) is 0 Å². The number of likely N-dealkylation sites (N-methyl/N-ethyl adjacent to an activating group) is 1. The van der Waals surface area contributed by atoms with Gasteiger partial charge in [0.2, 0.25) is 5.91 Å². The Bertz CT molecular complexity index is 557. The maximum atomic E-state index is 11.5. The molecule has 1 aliphatic rings. The first kappa shape index (κ1) is 29.9. The predicted molar refractivity (Wildman–Crippen MR) is 145 cm³/mol. The van der Waals surface area contributed by atoms with Gasteiger partial charge in [0.25, 0.3) is 0 Å². The summed E-state index contributed by atoms with van der Waals surface area (Å²) >= 11 is 0. The van der Waals surface area contributed by atoms with E-state index >= 15 is 0 Å². The lowest BCUT2D eigenvalue weighted by Gasteiger charge is -2.39. The molecule has 1 heterocycles. The summed E-state index contributed by atoms with van der Waals surface area (Å²) in [5, 5.41) is 3.11. The van der Waals surface area contributed by atoms with Crippen molar-refractivity contribution in [2.45, 2.75) is 143 Å². The van der Waals surface area contributed by atoms with Crippen LogP contribution in [0.5, 0.6) is 0 Å². The highest BCUT2D eigenvalue weighted by Gasteiger charge is 2.41. The summed E-state index contributed by atoms with van der Waals surface area (Å²) in [7, 11) is 0. The second-order valence-corrected chi connectivity index (χ2v) is 10.1. The van der Waals surface area contributed by atoms with Gasteiger partial charge in [0.1, 0.15) is 6.54 Å². The number of amides is 1. The number of hydrogen-bond donors (Lipinski definition) is 1. The van der Waals surface area contributed by atoms with E-state index in [2.05, 4.69) is 38.2 Å². The molecule has 0 radical (unpaired) electrons. The Morgan fingerprint density at radius 2 is 1.39 bits per heavy atom. The zero-order valence-electron chi connectivity index (χ0n) is 22.7. The van der Waals surface area contributed by atoms with Crippen LogP contribution in [0.15, 0.2) is 17.1 Å². The van der Waals surface area contributed by atoms with Crippen molar-refractivity contribution in [2.24, 2.45) is 4.99 Å². The normalized spacial score (nSPS) is 19.2. The molecule has 1 aliphatic heterocycles. The molecule has 2 unspecified atom stereocenters. The predicted octanol–water partition coefficient (Wildman–Crippen LogP) is 7.93. The summed E-state index contributed by atoms with van der Waals surface area (Å²) in [5.41, 5.74) is 0. The minimum Gasteiger partial charge on any atom is -0.307 e. The van der Waals surface area contributed by atoms with Gasteiger partial charge in [0, 0.05) is 20.3 Å². The highest BCUT2D eigenvalue weighted by Crippen LogP contribution is 2.23. The molecule has 1 rings (SSSR count). The topological polar surface area (TPSA) is 41.5 Å². The molecule has 0 aromatic heterocycles. The molecule has 33 heavy (non-hydrogen) atoms. The van der Waals surface area contributed by atoms with Crippen LogP contribution in [0.4, 0.5) is 0 Å². The minimum atomic E-state index is 0.0573. The number of hydrogen-bond acceptors (Lipinski definition) is 2. The molecule has 1 N–H and O–H groups in total. The molecule has 1 amide bonds. The van der Waals surface area contributed by atoms with Crippen molar-refractivity contribution >= 4 is 11.7 Å². The van der Waals surface area contributed by atoms with Crippen molar-refractivity contribution in [3.63, 3.8) is 0 Å². The Morgan fingerprint density at radius 1 is 0.879 bits per heavy atom. The number of unbranched alkanes of at least 4 members (excludes halogenated alkanes) is 14. The lowest BCUT2D eigenvalue weighted by molar-refractivity contribution is -0.861. The number of nitrogens with one attached hydrogen (secondary N) is 1. The third-order valence-electron chi connectivity index (χ3n) is 7.44. The number of allylic oxidation sites excluding steroid dienone is 2. The first-order chi connectivity index (χ1) is 16.1. The van der Waals surface area contributed by atoms with Gasteiger partial charge < -0.3 is 5.32 Å². The molecule has 0 fully saturated rings. The second-order valence-electron chi connectivity index (χ2n) is 10.1. The molecular weight excluding hydrogens is 406 g/mol. The standard InChI is InChI=1S/C29H55N3O/c1-5-7-8-9-10-11-12-13-14-15-16-17-18-19-20-21-22-23-24-29-30-25-26-32(29,6-2)27(3)31-28(4)33/h16-17,27H,5-15,18-26H2,1-4H3/p+1/b17-16+. The van der Waals surface area contributed by atoms with E-state index in [1.807, 2.05) is 0 Å². The average Bonchev–Trinajstić information content (AvgIpc) is 3.22. The number of nitrogens with zero attached hydrogens (tertiary/aromatic N) is 2. The van der Waals surface area contributed by atoms with Gasteiger partial charge in [-0.05, 0) is 39.0 Å². The van der Waals surface area contributed by atoms with Gasteiger partial charge in [-0.1, -0.05) is 89.7 Å². The van der Waals surface area contributed by atoms with Crippen molar-refractivity contribution in [3.05, 3.63) is 12.2 Å². The largest absolute Gasteiger partial charge is 0.307 e. The Labute approximate surface area is 206 Å². The maximum absolute atomic E-state index is 11.5. The second kappa shape index (κ2) is 19.2. The summed E-state index contributed by atoms with van der Waals surface area (Å²) in [6.07, 6.45) is 27.8. The number of carbonyl (C=O) groups is 1. The zero-order chi connectivity index (χ0) is 24.2. The Kier molecular flexibility index (Phi) is 17.4. The van der Waals surface area contributed by atoms with Crippen LogP contribution in [0.3, 0.4) is 0 Å². The number of aliphatic imine (C=N–C) groups is 1. The van der Waals surface area contributed by atoms with Gasteiger partial charge in [-0.3, -0.25) is 9.28 Å². The van der Waals surface area contributed by atoms with Crippen molar-refractivity contribution in [1.82, 2.24) is 5.32 Å². The SMILES string of the molecule is CCCCCCCCCCC/C=C/CCCCCCCC1=NCC[N+]1(CC)C(C)NC(C)=O. The molecule has 0 aliphatic carbocycles. The highest BCUT2D eigenvalue weighted by atomic mass is 16.1. The van der Waals surface area contributed by atoms with E-state index in [1.54, 1.807) is 6.92 Å². The van der Waals surface area contributed by atoms with E-state index in [4.69, 9.17) is 4.99 Å². The lowest BCUT2D eigenvalue weighted by Crippen LogP contribution is -2.62. The number of carbonyl (C=O) groups excluding carboxylic acids is 1. The number of rotatable bonds is 21. The van der Waals surface area contributed by atoms with Gasteiger partial charge in [-0.25, -0.2) is 4.99 Å². The highest BCUT2D eigenvalue weighted by molar-refractivity contribution is 5.78. The van der Waals surface area contributed by atoms with Crippen LogP contribution in [0.1, 0.15) is 137 Å². The summed E-state index contributed by atoms with van der Waals surface area (Å²) in [5.74, 6) is 1.36. The molecule has 2 atom stereocenters. The van der Waals surface area contributed by atoms with Crippen LogP contribution in [0, 0.1) is 0 Å². The van der Waals surface area contributed by atoms with E-state index in [0.717, 1.165) is 30.5 Å². The van der Waals surface area contributed by atoms with Gasteiger partial charge >= 0.3 is 0 Å². The molecule has 0 saturated heterocycles. The van der Waals surface area contributed by atoms with E-state index < -0.39 is 0 Å². The lowest BCUT2D eigenvalue weighted by atomic mass is 10.1. The fourth-order valence-electron chi connectivity index (χ4n) is 5.26. The summed E-state index contributed by atoms with van der Waals surface area (Å²) < 4.78 is 0.851. The van der Waals surface area contributed by atoms with E-state index in [1.165, 1.54) is 109 Å². The molecular formula is C29H56N3O+. The fraction of sp³-hybridized carbons (Fsp3) is 0.862. The summed E-state index contributed by atoms with van der Waals surface area (Å²) in [6, 6.07) is 0. The number of amidine groups is 1. The molecule has 0 aromatic rings. The van der Waals surface area contributed by atoms with E-state index in [9.17, 15) is 4.79 Å². The third kappa shape index (κ3) is 12.8. The van der Waals surface area contributed by atoms with Crippen LogP contribution >= 0.6 is 0 Å². The van der Waals surface area contributed by atoms with Crippen LogP contribution in [-0.2, 0) is 4.79 Å². The average molecular weight is 463 g/mol. The minimum absolute atomic E-state index is 0.0573. The van der Waals surface area contributed by atoms with Gasteiger partial charge in [0.15, 0.2) is 12.0 Å². The van der Waals surface area contributed by atoms with Gasteiger partial charge in [-0.2, -0.15) is 0 Å². The smallest absolute Gasteiger partial charge is 0.221 e. The number of quaternary nitrogens is 1. The van der Waals surface area contributed by atoms with Crippen LogP contribution in [0.25, 0.3) is 0 Å². The molecule has 192 valence electrons. The first-order valence-corrected chi connectivity index (χ1v) is 14.4. The molecule has 0 saturated carbocycles. The maximum Gasteiger partial charge on any atom is 0.221 e. The van der Waals surface area contributed by atoms with Crippen molar-refractivity contribution < 1.29 is 9.28 Å². The molecule has 0 bridgehead atoms. The van der Waals surface area contributed by atoms with Crippen molar-refractivity contribution in [2.75, 3.05) is 19.6 Å². The molecule has 0 spiro atoms. The summed E-state index contributed by atoms with van der Waals surface area (Å²) in [4.78, 5) is 16.4. The molecule has 4 heteroatoms. The fourth-order valence-corrected chi connectivity index (χ4v) is 5.26. The Balaban J connectivity index is 1.99. The van der Waals surface area contributed by atoms with Crippen LogP contribution < -0.4 is 5.32 Å². The van der Waals surface area contributed by atoms with E-state index in [-0.39, 0.29) is 12.1 Å². The van der Waals surface area contributed by atoms with E-state index in [0.29, 0.717) is 0 Å². The zero-order valence-corrected chi connectivity index (χ0v) is 22.7. The molecule has 0 aromatic carbocycles. The first-order valence-electron chi connectivity index (χ1n) is 14.4. The van der Waals surface area contributed by atoms with Crippen molar-refractivity contribution in [3.8, 4) is 0 Å².